The fraction of sp³-hybridized carbons (Fsp3) is 0.947. The Morgan fingerprint density at radius 1 is 1.08 bits per heavy atom. The lowest BCUT2D eigenvalue weighted by atomic mass is 9.88. The number of carbonyl (C=O) groups is 1. The van der Waals surface area contributed by atoms with Crippen molar-refractivity contribution in [3.63, 3.8) is 0 Å². The topological polar surface area (TPSA) is 64.6 Å². The van der Waals surface area contributed by atoms with Crippen molar-refractivity contribution >= 4 is 6.03 Å². The highest BCUT2D eigenvalue weighted by molar-refractivity contribution is 5.74. The van der Waals surface area contributed by atoms with E-state index in [-0.39, 0.29) is 12.1 Å². The molecule has 5 nitrogen and oxygen atoms in total. The highest BCUT2D eigenvalue weighted by Gasteiger charge is 2.25. The number of carbonyl (C=O) groups excluding carboxylic acids is 1. The number of likely N-dealkylation sites (tertiary alicyclic amines) is 1. The van der Waals surface area contributed by atoms with E-state index in [1.165, 1.54) is 38.6 Å². The van der Waals surface area contributed by atoms with E-state index in [4.69, 9.17) is 0 Å². The van der Waals surface area contributed by atoms with Gasteiger partial charge in [0.15, 0.2) is 0 Å². The Labute approximate surface area is 147 Å². The van der Waals surface area contributed by atoms with Gasteiger partial charge in [-0.25, -0.2) is 4.79 Å². The number of amides is 2. The summed E-state index contributed by atoms with van der Waals surface area (Å²) < 4.78 is 0. The molecule has 5 heteroatoms. The quantitative estimate of drug-likeness (QED) is 0.668. The van der Waals surface area contributed by atoms with Crippen molar-refractivity contribution in [3.8, 4) is 0 Å². The molecule has 0 aromatic heterocycles. The third-order valence-electron chi connectivity index (χ3n) is 6.06. The lowest BCUT2D eigenvalue weighted by Crippen LogP contribution is -2.51. The molecule has 3 N–H and O–H groups in total. The Kier molecular flexibility index (Phi) is 7.82. The molecule has 1 saturated heterocycles. The van der Waals surface area contributed by atoms with Crippen LogP contribution in [0.5, 0.6) is 0 Å². The number of hydrogen-bond donors (Lipinski definition) is 3. The summed E-state index contributed by atoms with van der Waals surface area (Å²) in [5.74, 6) is 0.896. The first-order chi connectivity index (χ1) is 11.5. The molecule has 1 heterocycles. The molecule has 24 heavy (non-hydrogen) atoms. The van der Waals surface area contributed by atoms with Crippen molar-refractivity contribution in [1.82, 2.24) is 15.5 Å². The summed E-state index contributed by atoms with van der Waals surface area (Å²) in [5, 5.41) is 16.1. The van der Waals surface area contributed by atoms with Crippen molar-refractivity contribution < 1.29 is 9.90 Å². The maximum Gasteiger partial charge on any atom is 0.315 e. The highest BCUT2D eigenvalue weighted by atomic mass is 16.3. The van der Waals surface area contributed by atoms with E-state index in [1.54, 1.807) is 0 Å². The van der Waals surface area contributed by atoms with E-state index in [0.717, 1.165) is 31.8 Å². The molecule has 2 aliphatic rings. The molecular formula is C19H37N3O2. The van der Waals surface area contributed by atoms with Crippen molar-refractivity contribution in [2.24, 2.45) is 5.92 Å². The van der Waals surface area contributed by atoms with Crippen molar-refractivity contribution in [1.29, 1.82) is 0 Å². The number of hydrogen-bond acceptors (Lipinski definition) is 3. The molecule has 0 unspecified atom stereocenters. The highest BCUT2D eigenvalue weighted by Crippen LogP contribution is 2.25. The van der Waals surface area contributed by atoms with Crippen LogP contribution in [0.2, 0.25) is 0 Å². The number of nitrogens with zero attached hydrogens (tertiary/aromatic N) is 1. The molecule has 0 atom stereocenters. The molecule has 1 saturated carbocycles. The summed E-state index contributed by atoms with van der Waals surface area (Å²) in [7, 11) is 0. The Morgan fingerprint density at radius 2 is 1.71 bits per heavy atom. The Bertz CT molecular complexity index is 371. The van der Waals surface area contributed by atoms with E-state index in [0.29, 0.717) is 19.4 Å². The Balaban J connectivity index is 1.62. The minimum absolute atomic E-state index is 0.138. The van der Waals surface area contributed by atoms with Gasteiger partial charge in [0.25, 0.3) is 0 Å². The van der Waals surface area contributed by atoms with Crippen LogP contribution < -0.4 is 10.6 Å². The largest absolute Gasteiger partial charge is 0.388 e. The predicted molar refractivity (Wildman–Crippen MR) is 98.1 cm³/mol. The molecule has 2 fully saturated rings. The van der Waals surface area contributed by atoms with Crippen LogP contribution in [-0.2, 0) is 0 Å². The molecule has 0 spiro atoms. The normalized spacial score (nSPS) is 21.6. The van der Waals surface area contributed by atoms with Gasteiger partial charge in [0.2, 0.25) is 0 Å². The SMILES string of the molecule is CCC(O)(CC)CNC(=O)NC1CCN(CC2CCCCC2)CC1. The molecule has 1 aliphatic heterocycles. The van der Waals surface area contributed by atoms with Gasteiger partial charge >= 0.3 is 6.03 Å². The Morgan fingerprint density at radius 3 is 2.29 bits per heavy atom. The second-order valence-electron chi connectivity index (χ2n) is 7.84. The van der Waals surface area contributed by atoms with Crippen LogP contribution in [0.4, 0.5) is 4.79 Å². The molecule has 0 aromatic rings. The number of piperidine rings is 1. The van der Waals surface area contributed by atoms with Gasteiger partial charge in [-0.3, -0.25) is 0 Å². The van der Waals surface area contributed by atoms with Crippen molar-refractivity contribution in [2.75, 3.05) is 26.2 Å². The van der Waals surface area contributed by atoms with Crippen LogP contribution >= 0.6 is 0 Å². The number of nitrogens with one attached hydrogen (secondary N) is 2. The fourth-order valence-electron chi connectivity index (χ4n) is 3.98. The van der Waals surface area contributed by atoms with Gasteiger partial charge in [-0.2, -0.15) is 0 Å². The van der Waals surface area contributed by atoms with Gasteiger partial charge in [0.05, 0.1) is 5.60 Å². The van der Waals surface area contributed by atoms with Crippen LogP contribution in [0.25, 0.3) is 0 Å². The molecule has 1 aliphatic carbocycles. The third-order valence-corrected chi connectivity index (χ3v) is 6.06. The molecule has 2 rings (SSSR count). The molecule has 2 amide bonds. The minimum Gasteiger partial charge on any atom is -0.388 e. The maximum absolute atomic E-state index is 12.0. The van der Waals surface area contributed by atoms with E-state index in [1.807, 2.05) is 13.8 Å². The zero-order chi connectivity index (χ0) is 17.4. The minimum atomic E-state index is -0.777. The first-order valence-corrected chi connectivity index (χ1v) is 10.0. The maximum atomic E-state index is 12.0. The van der Waals surface area contributed by atoms with E-state index in [9.17, 15) is 9.90 Å². The zero-order valence-electron chi connectivity index (χ0n) is 15.6. The van der Waals surface area contributed by atoms with E-state index in [2.05, 4.69) is 15.5 Å². The second-order valence-corrected chi connectivity index (χ2v) is 7.84. The van der Waals surface area contributed by atoms with Crippen LogP contribution in [0.1, 0.15) is 71.6 Å². The number of aliphatic hydroxyl groups is 1. The van der Waals surface area contributed by atoms with Gasteiger partial charge in [-0.1, -0.05) is 33.1 Å². The predicted octanol–water partition coefficient (Wildman–Crippen LogP) is 2.88. The molecule has 140 valence electrons. The monoisotopic (exact) mass is 339 g/mol. The van der Waals surface area contributed by atoms with Gasteiger partial charge in [0, 0.05) is 32.2 Å². The van der Waals surface area contributed by atoms with Gasteiger partial charge < -0.3 is 20.6 Å². The summed E-state index contributed by atoms with van der Waals surface area (Å²) in [4.78, 5) is 14.6. The molecule has 0 radical (unpaired) electrons. The lowest BCUT2D eigenvalue weighted by Gasteiger charge is -2.35. The van der Waals surface area contributed by atoms with Crippen LogP contribution in [0, 0.1) is 5.92 Å². The van der Waals surface area contributed by atoms with Crippen molar-refractivity contribution in [2.45, 2.75) is 83.3 Å². The van der Waals surface area contributed by atoms with Gasteiger partial charge in [0.1, 0.15) is 0 Å². The van der Waals surface area contributed by atoms with Crippen LogP contribution in [-0.4, -0.2) is 53.9 Å². The molecular weight excluding hydrogens is 302 g/mol. The molecule has 0 aromatic carbocycles. The zero-order valence-corrected chi connectivity index (χ0v) is 15.6. The van der Waals surface area contributed by atoms with Crippen LogP contribution in [0.3, 0.4) is 0 Å². The van der Waals surface area contributed by atoms with Crippen LogP contribution in [0.15, 0.2) is 0 Å². The summed E-state index contributed by atoms with van der Waals surface area (Å²) >= 11 is 0. The average Bonchev–Trinajstić information content (AvgIpc) is 2.62. The van der Waals surface area contributed by atoms with Gasteiger partial charge in [-0.15, -0.1) is 0 Å². The first kappa shape index (κ1) is 19.5. The smallest absolute Gasteiger partial charge is 0.315 e. The number of rotatable bonds is 7. The lowest BCUT2D eigenvalue weighted by molar-refractivity contribution is 0.0347. The van der Waals surface area contributed by atoms with E-state index >= 15 is 0 Å². The number of urea groups is 1. The van der Waals surface area contributed by atoms with Gasteiger partial charge in [-0.05, 0) is 44.4 Å². The summed E-state index contributed by atoms with van der Waals surface area (Å²) in [6.45, 7) is 7.66. The molecule has 0 bridgehead atoms. The Hall–Kier alpha value is -0.810. The fourth-order valence-corrected chi connectivity index (χ4v) is 3.98. The standard InChI is InChI=1S/C19H37N3O2/c1-3-19(24,4-2)15-20-18(23)21-17-10-12-22(13-11-17)14-16-8-6-5-7-9-16/h16-17,24H,3-15H2,1-2H3,(H2,20,21,23). The van der Waals surface area contributed by atoms with E-state index < -0.39 is 5.60 Å². The summed E-state index contributed by atoms with van der Waals surface area (Å²) in [6.07, 6.45) is 10.4. The second kappa shape index (κ2) is 9.62. The first-order valence-electron chi connectivity index (χ1n) is 10.0. The summed E-state index contributed by atoms with van der Waals surface area (Å²) in [6, 6.07) is 0.130. The van der Waals surface area contributed by atoms with Crippen molar-refractivity contribution in [3.05, 3.63) is 0 Å². The summed E-state index contributed by atoms with van der Waals surface area (Å²) in [5.41, 5.74) is -0.777. The third kappa shape index (κ3) is 6.25. The average molecular weight is 340 g/mol.